The molecule has 0 aromatic rings. The summed E-state index contributed by atoms with van der Waals surface area (Å²) in [7, 11) is 2.11. The molecule has 2 rings (SSSR count). The molecule has 1 aliphatic heterocycles. The van der Waals surface area contributed by atoms with Gasteiger partial charge in [-0.2, -0.15) is 0 Å². The van der Waals surface area contributed by atoms with Gasteiger partial charge in [0, 0.05) is 32.8 Å². The summed E-state index contributed by atoms with van der Waals surface area (Å²) in [5.41, 5.74) is 0. The van der Waals surface area contributed by atoms with Gasteiger partial charge < -0.3 is 15.0 Å². The maximum absolute atomic E-state index is 5.75. The number of nitrogens with one attached hydrogen (secondary N) is 1. The predicted octanol–water partition coefficient (Wildman–Crippen LogP) is 2.80. The van der Waals surface area contributed by atoms with E-state index in [2.05, 4.69) is 36.0 Å². The Labute approximate surface area is 165 Å². The Morgan fingerprint density at radius 2 is 2.04 bits per heavy atom. The van der Waals surface area contributed by atoms with E-state index in [1.807, 2.05) is 0 Å². The molecule has 1 unspecified atom stereocenters. The molecule has 2 aliphatic rings. The molecule has 5 nitrogen and oxygen atoms in total. The molecule has 0 radical (unpaired) electrons. The minimum absolute atomic E-state index is 0. The second kappa shape index (κ2) is 12.3. The van der Waals surface area contributed by atoms with E-state index in [1.165, 1.54) is 38.6 Å². The molecule has 1 heterocycles. The zero-order valence-electron chi connectivity index (χ0n) is 15.8. The van der Waals surface area contributed by atoms with Crippen molar-refractivity contribution in [2.75, 3.05) is 53.0 Å². The van der Waals surface area contributed by atoms with Gasteiger partial charge in [0.15, 0.2) is 5.96 Å². The number of rotatable bonds is 9. The molecule has 6 heteroatoms. The van der Waals surface area contributed by atoms with Gasteiger partial charge in [-0.25, -0.2) is 0 Å². The molecule has 0 spiro atoms. The summed E-state index contributed by atoms with van der Waals surface area (Å²) < 4.78 is 5.75. The Hall–Kier alpha value is -0.0800. The van der Waals surface area contributed by atoms with Crippen molar-refractivity contribution in [3.05, 3.63) is 0 Å². The Morgan fingerprint density at radius 3 is 2.71 bits per heavy atom. The average molecular weight is 452 g/mol. The normalized spacial score (nSPS) is 22.1. The molecule has 1 aliphatic carbocycles. The summed E-state index contributed by atoms with van der Waals surface area (Å²) in [6.07, 6.45) is 6.68. The SMILES string of the molecule is CCNC(=NCC1CCCCN1CC)N(C)CCOCC1CC1.I. The zero-order chi connectivity index (χ0) is 16.5. The van der Waals surface area contributed by atoms with Crippen LogP contribution in [0.4, 0.5) is 0 Å². The van der Waals surface area contributed by atoms with E-state index in [1.54, 1.807) is 0 Å². The van der Waals surface area contributed by atoms with Crippen LogP contribution in [0.15, 0.2) is 4.99 Å². The fraction of sp³-hybridized carbons (Fsp3) is 0.944. The predicted molar refractivity (Wildman–Crippen MR) is 112 cm³/mol. The highest BCUT2D eigenvalue weighted by atomic mass is 127. The molecule has 0 aromatic heterocycles. The van der Waals surface area contributed by atoms with E-state index < -0.39 is 0 Å². The lowest BCUT2D eigenvalue weighted by atomic mass is 10.0. The second-order valence-corrected chi connectivity index (χ2v) is 6.91. The highest BCUT2D eigenvalue weighted by molar-refractivity contribution is 14.0. The molecule has 0 aromatic carbocycles. The number of piperidine rings is 1. The standard InChI is InChI=1S/C18H36N4O.HI/c1-4-19-18(21(3)12-13-23-15-16-9-10-16)20-14-17-8-6-7-11-22(17)5-2;/h16-17H,4-15H2,1-3H3,(H,19,20);1H. The van der Waals surface area contributed by atoms with Gasteiger partial charge in [-0.15, -0.1) is 24.0 Å². The van der Waals surface area contributed by atoms with Crippen LogP contribution in [0.3, 0.4) is 0 Å². The first-order valence-corrected chi connectivity index (χ1v) is 9.55. The number of halogens is 1. The van der Waals surface area contributed by atoms with E-state index in [9.17, 15) is 0 Å². The highest BCUT2D eigenvalue weighted by Gasteiger charge is 2.22. The van der Waals surface area contributed by atoms with Crippen molar-refractivity contribution < 1.29 is 4.74 Å². The molecule has 2 fully saturated rings. The number of likely N-dealkylation sites (tertiary alicyclic amines) is 1. The van der Waals surface area contributed by atoms with E-state index in [0.29, 0.717) is 6.04 Å². The molecule has 1 saturated heterocycles. The number of guanidine groups is 1. The molecular formula is C18H37IN4O. The number of hydrogen-bond acceptors (Lipinski definition) is 3. The largest absolute Gasteiger partial charge is 0.379 e. The third kappa shape index (κ3) is 7.87. The number of nitrogens with zero attached hydrogens (tertiary/aromatic N) is 3. The van der Waals surface area contributed by atoms with Gasteiger partial charge in [0.2, 0.25) is 0 Å². The first kappa shape index (κ1) is 22.0. The lowest BCUT2D eigenvalue weighted by Crippen LogP contribution is -2.44. The summed E-state index contributed by atoms with van der Waals surface area (Å²) in [5.74, 6) is 1.86. The van der Waals surface area contributed by atoms with Crippen molar-refractivity contribution in [3.8, 4) is 0 Å². The minimum atomic E-state index is 0. The van der Waals surface area contributed by atoms with Gasteiger partial charge >= 0.3 is 0 Å². The van der Waals surface area contributed by atoms with Crippen LogP contribution in [0.5, 0.6) is 0 Å². The maximum Gasteiger partial charge on any atom is 0.193 e. The van der Waals surface area contributed by atoms with Crippen molar-refractivity contribution in [3.63, 3.8) is 0 Å². The van der Waals surface area contributed by atoms with Crippen LogP contribution in [0, 0.1) is 5.92 Å². The monoisotopic (exact) mass is 452 g/mol. The molecule has 0 amide bonds. The van der Waals surface area contributed by atoms with Crippen molar-refractivity contribution in [1.29, 1.82) is 0 Å². The van der Waals surface area contributed by atoms with Gasteiger partial charge in [0.05, 0.1) is 13.2 Å². The van der Waals surface area contributed by atoms with Crippen LogP contribution in [-0.2, 0) is 4.74 Å². The fourth-order valence-corrected chi connectivity index (χ4v) is 3.19. The molecule has 1 atom stereocenters. The minimum Gasteiger partial charge on any atom is -0.379 e. The lowest BCUT2D eigenvalue weighted by Gasteiger charge is -2.34. The third-order valence-corrected chi connectivity index (χ3v) is 4.93. The first-order valence-electron chi connectivity index (χ1n) is 9.55. The second-order valence-electron chi connectivity index (χ2n) is 6.91. The fourth-order valence-electron chi connectivity index (χ4n) is 3.19. The molecule has 24 heavy (non-hydrogen) atoms. The van der Waals surface area contributed by atoms with E-state index in [-0.39, 0.29) is 24.0 Å². The summed E-state index contributed by atoms with van der Waals surface area (Å²) in [4.78, 5) is 9.68. The van der Waals surface area contributed by atoms with Gasteiger partial charge in [-0.1, -0.05) is 13.3 Å². The van der Waals surface area contributed by atoms with Gasteiger partial charge in [0.25, 0.3) is 0 Å². The van der Waals surface area contributed by atoms with Crippen molar-refractivity contribution in [1.82, 2.24) is 15.1 Å². The van der Waals surface area contributed by atoms with Crippen LogP contribution in [-0.4, -0.2) is 74.8 Å². The average Bonchev–Trinajstić information content (AvgIpc) is 3.39. The highest BCUT2D eigenvalue weighted by Crippen LogP contribution is 2.28. The smallest absolute Gasteiger partial charge is 0.193 e. The zero-order valence-corrected chi connectivity index (χ0v) is 18.1. The van der Waals surface area contributed by atoms with E-state index >= 15 is 0 Å². The maximum atomic E-state index is 5.75. The van der Waals surface area contributed by atoms with Crippen LogP contribution in [0.2, 0.25) is 0 Å². The van der Waals surface area contributed by atoms with Crippen LogP contribution in [0.1, 0.15) is 46.0 Å². The van der Waals surface area contributed by atoms with Gasteiger partial charge in [0.1, 0.15) is 0 Å². The summed E-state index contributed by atoms with van der Waals surface area (Å²) in [6.45, 7) is 11.2. The third-order valence-electron chi connectivity index (χ3n) is 4.93. The first-order chi connectivity index (χ1) is 11.2. The van der Waals surface area contributed by atoms with Crippen LogP contribution in [0.25, 0.3) is 0 Å². The Balaban J connectivity index is 0.00000288. The van der Waals surface area contributed by atoms with Gasteiger partial charge in [-0.05, 0) is 51.6 Å². The summed E-state index contributed by atoms with van der Waals surface area (Å²) in [6, 6.07) is 0.613. The Morgan fingerprint density at radius 1 is 1.25 bits per heavy atom. The van der Waals surface area contributed by atoms with Gasteiger partial charge in [-0.3, -0.25) is 9.89 Å². The molecule has 1 N–H and O–H groups in total. The topological polar surface area (TPSA) is 40.1 Å². The van der Waals surface area contributed by atoms with E-state index in [4.69, 9.17) is 9.73 Å². The lowest BCUT2D eigenvalue weighted by molar-refractivity contribution is 0.115. The quantitative estimate of drug-likeness (QED) is 0.253. The van der Waals surface area contributed by atoms with E-state index in [0.717, 1.165) is 51.3 Å². The molecule has 1 saturated carbocycles. The number of hydrogen-bond donors (Lipinski definition) is 1. The summed E-state index contributed by atoms with van der Waals surface area (Å²) in [5, 5.41) is 3.42. The van der Waals surface area contributed by atoms with Crippen molar-refractivity contribution in [2.45, 2.75) is 52.0 Å². The Bertz CT molecular complexity index is 363. The molecule has 142 valence electrons. The number of aliphatic imine (C=N–C) groups is 1. The number of likely N-dealkylation sites (N-methyl/N-ethyl adjacent to an activating group) is 2. The summed E-state index contributed by atoms with van der Waals surface area (Å²) >= 11 is 0. The number of ether oxygens (including phenoxy) is 1. The van der Waals surface area contributed by atoms with Crippen LogP contribution < -0.4 is 5.32 Å². The molecular weight excluding hydrogens is 415 g/mol. The van der Waals surface area contributed by atoms with Crippen molar-refractivity contribution in [2.24, 2.45) is 10.9 Å². The van der Waals surface area contributed by atoms with Crippen molar-refractivity contribution >= 4 is 29.9 Å². The molecule has 0 bridgehead atoms. The Kier molecular flexibility index (Phi) is 11.3. The van der Waals surface area contributed by atoms with Crippen LogP contribution >= 0.6 is 24.0 Å².